The minimum atomic E-state index is -0.813. The number of anilines is 1. The number of benzene rings is 2. The summed E-state index contributed by atoms with van der Waals surface area (Å²) in [5.74, 6) is -0.275. The molecule has 0 saturated carbocycles. The van der Waals surface area contributed by atoms with Crippen molar-refractivity contribution in [2.75, 3.05) is 11.9 Å². The van der Waals surface area contributed by atoms with Gasteiger partial charge in [-0.1, -0.05) is 29.8 Å². The number of nitrogens with zero attached hydrogens (tertiary/aromatic N) is 3. The lowest BCUT2D eigenvalue weighted by molar-refractivity contribution is -0.392. The number of hydrogen-bond acceptors (Lipinski definition) is 7. The number of amides is 1. The van der Waals surface area contributed by atoms with Crippen LogP contribution in [0.25, 0.3) is 0 Å². The zero-order valence-corrected chi connectivity index (χ0v) is 16.6. The SMILES string of the molecule is Cc1ccc(CN2CCC(Nc3c([N+](=O)[O-])cc(CO)c(C)c3[N+](=O)[O-])C2=O)cc1. The van der Waals surface area contributed by atoms with Crippen molar-refractivity contribution in [3.8, 4) is 0 Å². The van der Waals surface area contributed by atoms with Gasteiger partial charge in [0.2, 0.25) is 5.91 Å². The van der Waals surface area contributed by atoms with Crippen LogP contribution in [-0.4, -0.2) is 38.3 Å². The van der Waals surface area contributed by atoms with Crippen LogP contribution in [0.1, 0.15) is 28.7 Å². The first-order valence-electron chi connectivity index (χ1n) is 9.40. The zero-order valence-electron chi connectivity index (χ0n) is 16.6. The summed E-state index contributed by atoms with van der Waals surface area (Å²) in [7, 11) is 0. The number of nitrogens with one attached hydrogen (secondary N) is 1. The Bertz CT molecular complexity index is 1010. The van der Waals surface area contributed by atoms with Crippen LogP contribution in [0.15, 0.2) is 30.3 Å². The van der Waals surface area contributed by atoms with Crippen molar-refractivity contribution in [1.29, 1.82) is 0 Å². The molecule has 0 radical (unpaired) electrons. The molecule has 0 spiro atoms. The second-order valence-electron chi connectivity index (χ2n) is 7.31. The molecule has 10 heteroatoms. The minimum Gasteiger partial charge on any atom is -0.392 e. The molecule has 30 heavy (non-hydrogen) atoms. The van der Waals surface area contributed by atoms with Gasteiger partial charge in [0, 0.05) is 24.7 Å². The molecule has 158 valence electrons. The number of carbonyl (C=O) groups is 1. The number of aryl methyl sites for hydroxylation is 1. The molecule has 1 heterocycles. The number of nitro benzene ring substituents is 2. The fraction of sp³-hybridized carbons (Fsp3) is 0.350. The van der Waals surface area contributed by atoms with Gasteiger partial charge < -0.3 is 15.3 Å². The first kappa shape index (κ1) is 21.2. The molecule has 2 aromatic carbocycles. The van der Waals surface area contributed by atoms with Gasteiger partial charge >= 0.3 is 5.69 Å². The largest absolute Gasteiger partial charge is 0.392 e. The molecular weight excluding hydrogens is 392 g/mol. The average molecular weight is 414 g/mol. The van der Waals surface area contributed by atoms with Crippen LogP contribution < -0.4 is 5.32 Å². The molecule has 1 saturated heterocycles. The number of carbonyl (C=O) groups excluding carboxylic acids is 1. The summed E-state index contributed by atoms with van der Waals surface area (Å²) in [4.78, 5) is 36.1. The molecule has 1 aliphatic heterocycles. The maximum atomic E-state index is 12.8. The fourth-order valence-electron chi connectivity index (χ4n) is 3.60. The Morgan fingerprint density at radius 1 is 1.17 bits per heavy atom. The van der Waals surface area contributed by atoms with E-state index in [0.717, 1.165) is 17.2 Å². The van der Waals surface area contributed by atoms with E-state index in [-0.39, 0.29) is 22.7 Å². The van der Waals surface area contributed by atoms with Gasteiger partial charge in [0.1, 0.15) is 6.04 Å². The van der Waals surface area contributed by atoms with Crippen LogP contribution in [0.3, 0.4) is 0 Å². The van der Waals surface area contributed by atoms with Crippen molar-refractivity contribution in [2.24, 2.45) is 0 Å². The Morgan fingerprint density at radius 2 is 1.83 bits per heavy atom. The van der Waals surface area contributed by atoms with Crippen LogP contribution >= 0.6 is 0 Å². The number of likely N-dealkylation sites (tertiary alicyclic amines) is 1. The molecule has 2 N–H and O–H groups in total. The quantitative estimate of drug-likeness (QED) is 0.524. The Labute approximate surface area is 172 Å². The lowest BCUT2D eigenvalue weighted by atomic mass is 10.0. The molecule has 10 nitrogen and oxygen atoms in total. The number of rotatable bonds is 7. The predicted molar refractivity (Wildman–Crippen MR) is 109 cm³/mol. The fourth-order valence-corrected chi connectivity index (χ4v) is 3.60. The third-order valence-electron chi connectivity index (χ3n) is 5.30. The van der Waals surface area contributed by atoms with Crippen molar-refractivity contribution < 1.29 is 19.7 Å². The van der Waals surface area contributed by atoms with Gasteiger partial charge in [-0.15, -0.1) is 0 Å². The summed E-state index contributed by atoms with van der Waals surface area (Å²) in [5, 5.41) is 35.3. The molecule has 1 unspecified atom stereocenters. The maximum absolute atomic E-state index is 12.8. The minimum absolute atomic E-state index is 0.0951. The van der Waals surface area contributed by atoms with Crippen LogP contribution in [0.2, 0.25) is 0 Å². The Balaban J connectivity index is 1.89. The highest BCUT2D eigenvalue weighted by molar-refractivity contribution is 5.89. The van der Waals surface area contributed by atoms with Crippen molar-refractivity contribution in [3.05, 3.63) is 72.8 Å². The first-order chi connectivity index (χ1) is 14.2. The van der Waals surface area contributed by atoms with Gasteiger partial charge in [0.15, 0.2) is 5.69 Å². The molecule has 1 aliphatic rings. The summed E-state index contributed by atoms with van der Waals surface area (Å²) >= 11 is 0. The third-order valence-corrected chi connectivity index (χ3v) is 5.30. The molecule has 0 bridgehead atoms. The molecule has 1 amide bonds. The van der Waals surface area contributed by atoms with E-state index in [4.69, 9.17) is 0 Å². The van der Waals surface area contributed by atoms with Gasteiger partial charge in [-0.2, -0.15) is 0 Å². The second kappa shape index (κ2) is 8.46. The van der Waals surface area contributed by atoms with Crippen molar-refractivity contribution in [3.63, 3.8) is 0 Å². The standard InChI is InChI=1S/C20H22N4O6/c1-12-3-5-14(6-4-12)10-22-8-7-16(20(22)26)21-18-17(23(27)28)9-15(11-25)13(2)19(18)24(29)30/h3-6,9,16,21,25H,7-8,10-11H2,1-2H3. The summed E-state index contributed by atoms with van der Waals surface area (Å²) in [5.41, 5.74) is 0.923. The van der Waals surface area contributed by atoms with Crippen LogP contribution in [0.4, 0.5) is 17.1 Å². The highest BCUT2D eigenvalue weighted by atomic mass is 16.6. The molecule has 0 aromatic heterocycles. The van der Waals surface area contributed by atoms with E-state index >= 15 is 0 Å². The van der Waals surface area contributed by atoms with E-state index in [1.54, 1.807) is 4.90 Å². The van der Waals surface area contributed by atoms with Crippen LogP contribution in [-0.2, 0) is 17.9 Å². The summed E-state index contributed by atoms with van der Waals surface area (Å²) in [6.07, 6.45) is 0.361. The first-order valence-corrected chi connectivity index (χ1v) is 9.40. The molecular formula is C20H22N4O6. The topological polar surface area (TPSA) is 139 Å². The van der Waals surface area contributed by atoms with Gasteiger partial charge in [0.05, 0.1) is 16.5 Å². The van der Waals surface area contributed by atoms with Gasteiger partial charge in [-0.25, -0.2) is 0 Å². The lowest BCUT2D eigenvalue weighted by Gasteiger charge is -2.18. The average Bonchev–Trinajstić information content (AvgIpc) is 3.03. The molecule has 3 rings (SSSR count). The summed E-state index contributed by atoms with van der Waals surface area (Å²) in [6.45, 7) is 3.64. The summed E-state index contributed by atoms with van der Waals surface area (Å²) < 4.78 is 0. The van der Waals surface area contributed by atoms with Crippen LogP contribution in [0.5, 0.6) is 0 Å². The van der Waals surface area contributed by atoms with Gasteiger partial charge in [-0.05, 0) is 31.4 Å². The van der Waals surface area contributed by atoms with Crippen LogP contribution in [0, 0.1) is 34.1 Å². The smallest absolute Gasteiger partial charge is 0.302 e. The number of hydrogen-bond donors (Lipinski definition) is 2. The highest BCUT2D eigenvalue weighted by Gasteiger charge is 2.37. The normalized spacial score (nSPS) is 16.0. The summed E-state index contributed by atoms with van der Waals surface area (Å²) in [6, 6.07) is 8.04. The molecule has 1 fully saturated rings. The zero-order chi connectivity index (χ0) is 22.0. The van der Waals surface area contributed by atoms with E-state index in [1.807, 2.05) is 31.2 Å². The predicted octanol–water partition coefficient (Wildman–Crippen LogP) is 2.83. The highest BCUT2D eigenvalue weighted by Crippen LogP contribution is 2.40. The monoisotopic (exact) mass is 414 g/mol. The Morgan fingerprint density at radius 3 is 2.40 bits per heavy atom. The van der Waals surface area contributed by atoms with Crippen molar-refractivity contribution in [2.45, 2.75) is 39.5 Å². The number of aliphatic hydroxyl groups is 1. The Hall–Kier alpha value is -3.53. The van der Waals surface area contributed by atoms with E-state index in [9.17, 15) is 30.1 Å². The van der Waals surface area contributed by atoms with E-state index in [0.29, 0.717) is 19.5 Å². The van der Waals surface area contributed by atoms with E-state index in [1.165, 1.54) is 6.92 Å². The van der Waals surface area contributed by atoms with Crippen molar-refractivity contribution >= 4 is 23.0 Å². The van der Waals surface area contributed by atoms with E-state index < -0.39 is 33.9 Å². The lowest BCUT2D eigenvalue weighted by Crippen LogP contribution is -2.33. The maximum Gasteiger partial charge on any atom is 0.302 e. The van der Waals surface area contributed by atoms with E-state index in [2.05, 4.69) is 5.32 Å². The molecule has 2 aromatic rings. The number of nitro groups is 2. The molecule has 0 aliphatic carbocycles. The Kier molecular flexibility index (Phi) is 5.97. The number of aliphatic hydroxyl groups excluding tert-OH is 1. The van der Waals surface area contributed by atoms with Crippen molar-refractivity contribution in [1.82, 2.24) is 4.90 Å². The second-order valence-corrected chi connectivity index (χ2v) is 7.31. The third kappa shape index (κ3) is 4.08. The van der Waals surface area contributed by atoms with Gasteiger partial charge in [0.25, 0.3) is 5.69 Å². The molecule has 1 atom stereocenters. The van der Waals surface area contributed by atoms with Gasteiger partial charge in [-0.3, -0.25) is 25.0 Å².